The highest BCUT2D eigenvalue weighted by Crippen LogP contribution is 2.39. The van der Waals surface area contributed by atoms with E-state index in [0.717, 1.165) is 24.3 Å². The van der Waals surface area contributed by atoms with Crippen molar-refractivity contribution in [2.45, 2.75) is 50.7 Å². The SMILES string of the molecule is CCC[C@@H](c1ccc(C(=O)NCCC(=O)O)cc1)[C@H](C(=O)Nc1ccc(OC(F)(F)F)cc1F)c1ccc(OC(F)(F)F)cc1. The molecule has 45 heavy (non-hydrogen) atoms. The van der Waals surface area contributed by atoms with E-state index >= 15 is 0 Å². The Bertz CT molecular complexity index is 1480. The molecule has 3 aromatic rings. The van der Waals surface area contributed by atoms with Crippen molar-refractivity contribution in [3.63, 3.8) is 0 Å². The first kappa shape index (κ1) is 34.7. The van der Waals surface area contributed by atoms with Crippen LogP contribution in [0.25, 0.3) is 0 Å². The van der Waals surface area contributed by atoms with Gasteiger partial charge in [0.1, 0.15) is 17.3 Å². The molecule has 0 radical (unpaired) electrons. The average Bonchev–Trinajstić information content (AvgIpc) is 2.93. The first-order chi connectivity index (χ1) is 21.1. The van der Waals surface area contributed by atoms with Gasteiger partial charge < -0.3 is 25.2 Å². The first-order valence-corrected chi connectivity index (χ1v) is 13.4. The predicted molar refractivity (Wildman–Crippen MR) is 146 cm³/mol. The maximum absolute atomic E-state index is 14.7. The number of anilines is 1. The lowest BCUT2D eigenvalue weighted by atomic mass is 9.78. The van der Waals surface area contributed by atoms with Crippen molar-refractivity contribution >= 4 is 23.5 Å². The smallest absolute Gasteiger partial charge is 0.481 e. The number of carbonyl (C=O) groups excluding carboxylic acids is 2. The van der Waals surface area contributed by atoms with Crippen LogP contribution < -0.4 is 20.1 Å². The second-order valence-corrected chi connectivity index (χ2v) is 9.69. The number of hydrogen-bond donors (Lipinski definition) is 3. The minimum Gasteiger partial charge on any atom is -0.481 e. The van der Waals surface area contributed by atoms with Gasteiger partial charge in [0, 0.05) is 18.2 Å². The van der Waals surface area contributed by atoms with E-state index in [0.29, 0.717) is 24.5 Å². The number of rotatable bonds is 13. The van der Waals surface area contributed by atoms with E-state index in [1.807, 2.05) is 6.92 Å². The van der Waals surface area contributed by atoms with Gasteiger partial charge in [-0.15, -0.1) is 26.3 Å². The molecule has 0 aliphatic heterocycles. The molecular formula is C30H27F7N2O6. The Morgan fingerprint density at radius 2 is 1.38 bits per heavy atom. The quantitative estimate of drug-likeness (QED) is 0.171. The molecule has 0 saturated carbocycles. The first-order valence-electron chi connectivity index (χ1n) is 13.4. The summed E-state index contributed by atoms with van der Waals surface area (Å²) in [6, 6.07) is 12.6. The van der Waals surface area contributed by atoms with Gasteiger partial charge in [0.25, 0.3) is 5.91 Å². The maximum atomic E-state index is 14.7. The molecule has 0 spiro atoms. The Balaban J connectivity index is 1.97. The van der Waals surface area contributed by atoms with Gasteiger partial charge in [0.05, 0.1) is 18.0 Å². The van der Waals surface area contributed by atoms with Gasteiger partial charge in [0.15, 0.2) is 0 Å². The van der Waals surface area contributed by atoms with Crippen molar-refractivity contribution in [2.75, 3.05) is 11.9 Å². The number of alkyl halides is 6. The summed E-state index contributed by atoms with van der Waals surface area (Å²) >= 11 is 0. The number of nitrogens with one attached hydrogen (secondary N) is 2. The van der Waals surface area contributed by atoms with Gasteiger partial charge in [-0.2, -0.15) is 0 Å². The van der Waals surface area contributed by atoms with Crippen LogP contribution in [0, 0.1) is 5.82 Å². The number of aliphatic carboxylic acids is 1. The third-order valence-corrected chi connectivity index (χ3v) is 6.41. The molecule has 3 rings (SSSR count). The van der Waals surface area contributed by atoms with Crippen molar-refractivity contribution in [1.29, 1.82) is 0 Å². The van der Waals surface area contributed by atoms with Crippen LogP contribution in [-0.2, 0) is 9.59 Å². The molecule has 0 aromatic heterocycles. The molecule has 0 saturated heterocycles. The average molecular weight is 645 g/mol. The van der Waals surface area contributed by atoms with E-state index in [1.54, 1.807) is 12.1 Å². The molecule has 0 unspecified atom stereocenters. The van der Waals surface area contributed by atoms with E-state index in [4.69, 9.17) is 5.11 Å². The number of amides is 2. The highest BCUT2D eigenvalue weighted by atomic mass is 19.4. The summed E-state index contributed by atoms with van der Waals surface area (Å²) in [5, 5.41) is 13.6. The van der Waals surface area contributed by atoms with Crippen LogP contribution in [-0.4, -0.2) is 42.2 Å². The molecule has 0 fully saturated rings. The van der Waals surface area contributed by atoms with Crippen molar-refractivity contribution < 1.29 is 59.7 Å². The van der Waals surface area contributed by atoms with Gasteiger partial charge in [-0.3, -0.25) is 14.4 Å². The summed E-state index contributed by atoms with van der Waals surface area (Å²) in [6.45, 7) is 1.70. The Morgan fingerprint density at radius 1 is 0.822 bits per heavy atom. The van der Waals surface area contributed by atoms with Gasteiger partial charge in [-0.05, 0) is 59.9 Å². The van der Waals surface area contributed by atoms with Crippen molar-refractivity contribution in [3.8, 4) is 11.5 Å². The highest BCUT2D eigenvalue weighted by molar-refractivity contribution is 5.97. The van der Waals surface area contributed by atoms with Crippen molar-refractivity contribution in [1.82, 2.24) is 5.32 Å². The minimum absolute atomic E-state index is 0.107. The zero-order valence-corrected chi connectivity index (χ0v) is 23.5. The molecule has 0 aliphatic carbocycles. The third kappa shape index (κ3) is 10.7. The van der Waals surface area contributed by atoms with E-state index in [1.165, 1.54) is 24.3 Å². The number of carboxylic acids is 1. The minimum atomic E-state index is -5.08. The number of halogens is 7. The molecule has 3 N–H and O–H groups in total. The largest absolute Gasteiger partial charge is 0.573 e. The standard InChI is InChI=1S/C30H27F7N2O6/c1-2-3-22(17-4-6-19(7-5-17)27(42)38-15-14-25(40)41)26(18-8-10-20(11-9-18)44-29(32,33)34)28(43)39-24-13-12-21(16-23(24)31)45-30(35,36)37/h4-13,16,22,26H,2-3,14-15H2,1H3,(H,38,42)(H,39,43)(H,40,41)/t22-,26+/m0/s1. The number of hydrogen-bond acceptors (Lipinski definition) is 5. The fourth-order valence-electron chi connectivity index (χ4n) is 4.55. The molecule has 15 heteroatoms. The van der Waals surface area contributed by atoms with Crippen LogP contribution in [0.2, 0.25) is 0 Å². The summed E-state index contributed by atoms with van der Waals surface area (Å²) in [7, 11) is 0. The van der Waals surface area contributed by atoms with E-state index in [9.17, 15) is 45.1 Å². The monoisotopic (exact) mass is 644 g/mol. The van der Waals surface area contributed by atoms with Gasteiger partial charge in [-0.25, -0.2) is 4.39 Å². The Labute approximate surface area is 252 Å². The van der Waals surface area contributed by atoms with Crippen molar-refractivity contribution in [3.05, 3.63) is 89.2 Å². The van der Waals surface area contributed by atoms with Crippen LogP contribution in [0.4, 0.5) is 36.4 Å². The molecule has 0 aliphatic rings. The number of ether oxygens (including phenoxy) is 2. The molecule has 8 nitrogen and oxygen atoms in total. The van der Waals surface area contributed by atoms with E-state index in [2.05, 4.69) is 20.1 Å². The van der Waals surface area contributed by atoms with Gasteiger partial charge >= 0.3 is 18.7 Å². The summed E-state index contributed by atoms with van der Waals surface area (Å²) in [5.74, 6) is -6.94. The molecule has 3 aromatic carbocycles. The summed E-state index contributed by atoms with van der Waals surface area (Å²) in [5.41, 5.74) is 0.468. The molecule has 0 bridgehead atoms. The molecular weight excluding hydrogens is 617 g/mol. The zero-order valence-electron chi connectivity index (χ0n) is 23.5. The highest BCUT2D eigenvalue weighted by Gasteiger charge is 2.34. The van der Waals surface area contributed by atoms with Crippen LogP contribution >= 0.6 is 0 Å². The van der Waals surface area contributed by atoms with Crippen LogP contribution in [0.15, 0.2) is 66.7 Å². The van der Waals surface area contributed by atoms with Crippen molar-refractivity contribution in [2.24, 2.45) is 0 Å². The zero-order chi connectivity index (χ0) is 33.4. The lowest BCUT2D eigenvalue weighted by Gasteiger charge is -2.28. The maximum Gasteiger partial charge on any atom is 0.573 e. The Morgan fingerprint density at radius 3 is 1.91 bits per heavy atom. The molecule has 242 valence electrons. The normalized spacial score (nSPS) is 13.0. The Kier molecular flexibility index (Phi) is 11.4. The molecule has 0 heterocycles. The number of benzene rings is 3. The van der Waals surface area contributed by atoms with E-state index < -0.39 is 65.3 Å². The third-order valence-electron chi connectivity index (χ3n) is 6.41. The predicted octanol–water partition coefficient (Wildman–Crippen LogP) is 7.13. The van der Waals surface area contributed by atoms with E-state index in [-0.39, 0.29) is 24.1 Å². The second-order valence-electron chi connectivity index (χ2n) is 9.69. The van der Waals surface area contributed by atoms with Crippen LogP contribution in [0.1, 0.15) is 59.5 Å². The summed E-state index contributed by atoms with van der Waals surface area (Å²) in [4.78, 5) is 36.8. The fourth-order valence-corrected chi connectivity index (χ4v) is 4.55. The summed E-state index contributed by atoms with van der Waals surface area (Å²) in [6.07, 6.45) is -9.48. The molecule has 2 atom stereocenters. The fraction of sp³-hybridized carbons (Fsp3) is 0.300. The van der Waals surface area contributed by atoms with Gasteiger partial charge in [-0.1, -0.05) is 37.6 Å². The Hall–Kier alpha value is -4.82. The topological polar surface area (TPSA) is 114 Å². The van der Waals surface area contributed by atoms with Gasteiger partial charge in [0.2, 0.25) is 5.91 Å². The second kappa shape index (κ2) is 14.8. The number of carboxylic acid groups (broad SMARTS) is 1. The molecule has 2 amide bonds. The lowest BCUT2D eigenvalue weighted by Crippen LogP contribution is -2.28. The van der Waals surface area contributed by atoms with Crippen LogP contribution in [0.5, 0.6) is 11.5 Å². The summed E-state index contributed by atoms with van der Waals surface area (Å²) < 4.78 is 98.1. The number of carbonyl (C=O) groups is 3. The van der Waals surface area contributed by atoms with Crippen LogP contribution in [0.3, 0.4) is 0 Å². The lowest BCUT2D eigenvalue weighted by molar-refractivity contribution is -0.275.